The second kappa shape index (κ2) is 8.72. The Morgan fingerprint density at radius 1 is 0.853 bits per heavy atom. The third kappa shape index (κ3) is 4.19. The lowest BCUT2D eigenvalue weighted by molar-refractivity contribution is -0.159. The summed E-state index contributed by atoms with van der Waals surface area (Å²) >= 11 is 0. The van der Waals surface area contributed by atoms with Crippen LogP contribution in [0, 0.1) is 29.0 Å². The Balaban J connectivity index is 1.28. The lowest BCUT2D eigenvalue weighted by Gasteiger charge is -2.56. The standard InChI is InChI=1S/C30H33FN2O/c31-27-9-4-8-23(15-27)20-32-11-5-10-28(32)21-33(19-22-6-2-1-3-7-22)29(34)30-16-24-12-25(17-30)14-26(13-24)18-30/h1-11,15,24-26H,12-14,16-21H2. The Morgan fingerprint density at radius 2 is 1.53 bits per heavy atom. The van der Waals surface area contributed by atoms with E-state index in [1.54, 1.807) is 12.1 Å². The predicted octanol–water partition coefficient (Wildman–Crippen LogP) is 6.42. The molecule has 2 aromatic carbocycles. The zero-order valence-electron chi connectivity index (χ0n) is 19.7. The Morgan fingerprint density at radius 3 is 2.21 bits per heavy atom. The summed E-state index contributed by atoms with van der Waals surface area (Å²) in [5.74, 6) is 2.37. The highest BCUT2D eigenvalue weighted by molar-refractivity contribution is 5.83. The molecular formula is C30H33FN2O. The van der Waals surface area contributed by atoms with E-state index in [-0.39, 0.29) is 11.2 Å². The Bertz CT molecular complexity index is 1130. The van der Waals surface area contributed by atoms with Gasteiger partial charge < -0.3 is 9.47 Å². The van der Waals surface area contributed by atoms with Gasteiger partial charge in [0.15, 0.2) is 0 Å². The molecule has 4 saturated carbocycles. The van der Waals surface area contributed by atoms with Crippen LogP contribution in [0.15, 0.2) is 72.9 Å². The summed E-state index contributed by atoms with van der Waals surface area (Å²) in [5, 5.41) is 0. The van der Waals surface area contributed by atoms with Crippen LogP contribution < -0.4 is 0 Å². The lowest BCUT2D eigenvalue weighted by atomic mass is 9.49. The topological polar surface area (TPSA) is 25.2 Å². The number of hydrogen-bond donors (Lipinski definition) is 0. The van der Waals surface area contributed by atoms with Crippen LogP contribution in [0.2, 0.25) is 0 Å². The molecule has 0 N–H and O–H groups in total. The minimum Gasteiger partial charge on any atom is -0.345 e. The second-order valence-corrected chi connectivity index (χ2v) is 11.1. The van der Waals surface area contributed by atoms with Crippen molar-refractivity contribution in [1.82, 2.24) is 9.47 Å². The number of nitrogens with zero attached hydrogens (tertiary/aromatic N) is 2. The van der Waals surface area contributed by atoms with Crippen molar-refractivity contribution in [3.63, 3.8) is 0 Å². The highest BCUT2D eigenvalue weighted by Crippen LogP contribution is 2.60. The summed E-state index contributed by atoms with van der Waals surface area (Å²) in [7, 11) is 0. The van der Waals surface area contributed by atoms with E-state index in [2.05, 4.69) is 39.8 Å². The van der Waals surface area contributed by atoms with E-state index >= 15 is 0 Å². The third-order valence-electron chi connectivity index (χ3n) is 8.51. The van der Waals surface area contributed by atoms with Crippen LogP contribution in [0.5, 0.6) is 0 Å². The van der Waals surface area contributed by atoms with E-state index in [0.29, 0.717) is 25.5 Å². The molecular weight excluding hydrogens is 423 g/mol. The van der Waals surface area contributed by atoms with Gasteiger partial charge in [-0.25, -0.2) is 4.39 Å². The molecule has 0 saturated heterocycles. The van der Waals surface area contributed by atoms with Crippen molar-refractivity contribution in [3.05, 3.63) is 95.6 Å². The number of carbonyl (C=O) groups is 1. The molecule has 0 atom stereocenters. The monoisotopic (exact) mass is 456 g/mol. The molecule has 7 rings (SSSR count). The molecule has 1 aromatic heterocycles. The average molecular weight is 457 g/mol. The first kappa shape index (κ1) is 21.6. The number of halogens is 1. The third-order valence-corrected chi connectivity index (χ3v) is 8.51. The van der Waals surface area contributed by atoms with E-state index in [1.807, 2.05) is 24.4 Å². The Labute approximate surface area is 201 Å². The largest absolute Gasteiger partial charge is 0.345 e. The molecule has 4 aliphatic rings. The predicted molar refractivity (Wildman–Crippen MR) is 131 cm³/mol. The van der Waals surface area contributed by atoms with Gasteiger partial charge in [0.1, 0.15) is 5.82 Å². The summed E-state index contributed by atoms with van der Waals surface area (Å²) in [6, 6.07) is 21.3. The van der Waals surface area contributed by atoms with Crippen LogP contribution in [0.25, 0.3) is 0 Å². The maximum Gasteiger partial charge on any atom is 0.229 e. The van der Waals surface area contributed by atoms with Gasteiger partial charge in [0.25, 0.3) is 0 Å². The number of amides is 1. The number of hydrogen-bond acceptors (Lipinski definition) is 1. The molecule has 176 valence electrons. The van der Waals surface area contributed by atoms with Crippen molar-refractivity contribution in [2.24, 2.45) is 23.2 Å². The molecule has 0 aliphatic heterocycles. The summed E-state index contributed by atoms with van der Waals surface area (Å²) in [6.45, 7) is 1.81. The van der Waals surface area contributed by atoms with Crippen molar-refractivity contribution < 1.29 is 9.18 Å². The Kier molecular flexibility index (Phi) is 5.55. The average Bonchev–Trinajstić information content (AvgIpc) is 3.24. The van der Waals surface area contributed by atoms with E-state index in [9.17, 15) is 9.18 Å². The highest BCUT2D eigenvalue weighted by Gasteiger charge is 2.55. The summed E-state index contributed by atoms with van der Waals surface area (Å²) < 4.78 is 15.9. The lowest BCUT2D eigenvalue weighted by Crippen LogP contribution is -2.54. The van der Waals surface area contributed by atoms with E-state index < -0.39 is 0 Å². The minimum absolute atomic E-state index is 0.163. The first-order valence-corrected chi connectivity index (χ1v) is 12.8. The first-order chi connectivity index (χ1) is 16.6. The van der Waals surface area contributed by atoms with Gasteiger partial charge in [-0.1, -0.05) is 42.5 Å². The molecule has 1 heterocycles. The van der Waals surface area contributed by atoms with Crippen LogP contribution in [0.4, 0.5) is 4.39 Å². The van der Waals surface area contributed by atoms with E-state index in [0.717, 1.165) is 48.3 Å². The van der Waals surface area contributed by atoms with Crippen molar-refractivity contribution in [2.75, 3.05) is 0 Å². The molecule has 3 aromatic rings. The fraction of sp³-hybridized carbons (Fsp3) is 0.433. The first-order valence-electron chi connectivity index (χ1n) is 12.8. The van der Waals surface area contributed by atoms with E-state index in [4.69, 9.17) is 0 Å². The molecule has 4 fully saturated rings. The number of benzene rings is 2. The Hall–Kier alpha value is -2.88. The number of aromatic nitrogens is 1. The molecule has 4 aliphatic carbocycles. The normalized spacial score (nSPS) is 27.1. The maximum absolute atomic E-state index is 14.3. The molecule has 0 radical (unpaired) electrons. The molecule has 3 nitrogen and oxygen atoms in total. The number of carbonyl (C=O) groups excluding carboxylic acids is 1. The summed E-state index contributed by atoms with van der Waals surface area (Å²) in [4.78, 5) is 16.4. The van der Waals surface area contributed by atoms with Gasteiger partial charge in [-0.3, -0.25) is 4.79 Å². The number of rotatable bonds is 7. The van der Waals surface area contributed by atoms with Gasteiger partial charge in [-0.15, -0.1) is 0 Å². The molecule has 34 heavy (non-hydrogen) atoms. The maximum atomic E-state index is 14.3. The van der Waals surface area contributed by atoms with Crippen LogP contribution in [-0.2, 0) is 24.4 Å². The van der Waals surface area contributed by atoms with Gasteiger partial charge >= 0.3 is 0 Å². The van der Waals surface area contributed by atoms with Crippen molar-refractivity contribution in [3.8, 4) is 0 Å². The molecule has 0 unspecified atom stereocenters. The van der Waals surface area contributed by atoms with Crippen LogP contribution in [0.3, 0.4) is 0 Å². The van der Waals surface area contributed by atoms with Crippen LogP contribution in [0.1, 0.15) is 55.3 Å². The molecule has 1 amide bonds. The summed E-state index contributed by atoms with van der Waals surface area (Å²) in [6.07, 6.45) is 9.27. The molecule has 4 bridgehead atoms. The zero-order valence-corrected chi connectivity index (χ0v) is 19.7. The van der Waals surface area contributed by atoms with Gasteiger partial charge in [0, 0.05) is 25.0 Å². The van der Waals surface area contributed by atoms with Crippen LogP contribution in [-0.4, -0.2) is 15.4 Å². The van der Waals surface area contributed by atoms with Crippen molar-refractivity contribution in [1.29, 1.82) is 0 Å². The minimum atomic E-state index is -0.214. The SMILES string of the molecule is O=C(N(Cc1ccccc1)Cc1cccn1Cc1cccc(F)c1)C12CC3CC(CC(C3)C1)C2. The smallest absolute Gasteiger partial charge is 0.229 e. The molecule has 4 heteroatoms. The van der Waals surface area contributed by atoms with Crippen molar-refractivity contribution in [2.45, 2.75) is 58.2 Å². The molecule has 0 spiro atoms. The fourth-order valence-corrected chi connectivity index (χ4v) is 7.49. The van der Waals surface area contributed by atoms with Crippen molar-refractivity contribution >= 4 is 5.91 Å². The zero-order chi connectivity index (χ0) is 23.1. The van der Waals surface area contributed by atoms with Gasteiger partial charge in [0.05, 0.1) is 12.0 Å². The fourth-order valence-electron chi connectivity index (χ4n) is 7.49. The van der Waals surface area contributed by atoms with E-state index in [1.165, 1.54) is 30.9 Å². The summed E-state index contributed by atoms with van der Waals surface area (Å²) in [5.41, 5.74) is 3.03. The highest BCUT2D eigenvalue weighted by atomic mass is 19.1. The van der Waals surface area contributed by atoms with Crippen LogP contribution >= 0.6 is 0 Å². The van der Waals surface area contributed by atoms with Gasteiger partial charge in [-0.2, -0.15) is 0 Å². The van der Waals surface area contributed by atoms with Gasteiger partial charge in [0.2, 0.25) is 5.91 Å². The van der Waals surface area contributed by atoms with Gasteiger partial charge in [-0.05, 0) is 91.7 Å². The quantitative estimate of drug-likeness (QED) is 0.403. The second-order valence-electron chi connectivity index (χ2n) is 11.1.